The molecular weight excluding hydrogens is 108 g/mol. The number of hydrogen-bond donors (Lipinski definition) is 0. The fraction of sp³-hybridized carbons (Fsp3) is 0.667. The molecule has 0 amide bonds. The van der Waals surface area contributed by atoms with E-state index in [4.69, 9.17) is 0 Å². The van der Waals surface area contributed by atoms with Crippen molar-refractivity contribution in [1.29, 1.82) is 0 Å². The van der Waals surface area contributed by atoms with Crippen LogP contribution in [0.3, 0.4) is 0 Å². The van der Waals surface area contributed by atoms with Crippen molar-refractivity contribution in [1.82, 2.24) is 0 Å². The summed E-state index contributed by atoms with van der Waals surface area (Å²) in [6.45, 7) is 10.6. The third kappa shape index (κ3) is 7.52. The minimum atomic E-state index is 0.275. The first-order chi connectivity index (χ1) is 3.92. The Morgan fingerprint density at radius 2 is 1.67 bits per heavy atom. The smallest absolute Gasteiger partial charge is 0.0127 e. The number of allylic oxidation sites excluding steroid dienone is 1. The molecule has 0 nitrogen and oxygen atoms in total. The first-order valence-corrected chi connectivity index (χ1v) is 3.33. The van der Waals surface area contributed by atoms with E-state index in [1.165, 1.54) is 5.57 Å². The maximum atomic E-state index is 3.18. The second kappa shape index (κ2) is 2.89. The van der Waals surface area contributed by atoms with Gasteiger partial charge in [0, 0.05) is 0 Å². The average Bonchev–Trinajstić information content (AvgIpc) is 1.59. The molecule has 0 aliphatic heterocycles. The Morgan fingerprint density at radius 3 is 1.78 bits per heavy atom. The Hall–Kier alpha value is -0.480. The molecule has 0 saturated carbocycles. The minimum Gasteiger partial charge on any atom is -0.126 e. The molecule has 0 aromatic heterocycles. The molecule has 0 N–H and O–H groups in total. The maximum absolute atomic E-state index is 3.18. The SMILES string of the molecule is CC(C)=C=CC(C)(C)C. The second-order valence-corrected chi connectivity index (χ2v) is 3.65. The molecule has 0 saturated heterocycles. The van der Waals surface area contributed by atoms with E-state index in [9.17, 15) is 0 Å². The van der Waals surface area contributed by atoms with Crippen LogP contribution in [0.5, 0.6) is 0 Å². The maximum Gasteiger partial charge on any atom is -0.0127 e. The Bertz CT molecular complexity index is 134. The van der Waals surface area contributed by atoms with Crippen molar-refractivity contribution in [3.05, 3.63) is 17.4 Å². The van der Waals surface area contributed by atoms with Gasteiger partial charge in [-0.25, -0.2) is 0 Å². The van der Waals surface area contributed by atoms with Crippen LogP contribution in [-0.2, 0) is 0 Å². The molecule has 0 spiro atoms. The molecule has 0 aromatic rings. The molecule has 9 heavy (non-hydrogen) atoms. The summed E-state index contributed by atoms with van der Waals surface area (Å²) >= 11 is 0. The molecule has 0 aliphatic carbocycles. The fourth-order valence-electron chi connectivity index (χ4n) is 0.361. The van der Waals surface area contributed by atoms with Crippen LogP contribution in [0.1, 0.15) is 34.6 Å². The lowest BCUT2D eigenvalue weighted by Gasteiger charge is -2.08. The predicted octanol–water partition coefficient (Wildman–Crippen LogP) is 3.15. The standard InChI is InChI=1S/C9H16/c1-8(2)6-7-9(3,4)5/h7H,1-5H3. The van der Waals surface area contributed by atoms with E-state index in [2.05, 4.69) is 46.4 Å². The summed E-state index contributed by atoms with van der Waals surface area (Å²) in [7, 11) is 0. The lowest BCUT2D eigenvalue weighted by Crippen LogP contribution is -1.97. The Morgan fingerprint density at radius 1 is 1.22 bits per heavy atom. The molecule has 0 rings (SSSR count). The molecule has 0 heterocycles. The summed E-state index contributed by atoms with van der Waals surface area (Å²) in [5.74, 6) is 0. The molecule has 0 radical (unpaired) electrons. The van der Waals surface area contributed by atoms with Gasteiger partial charge in [0.05, 0.1) is 0 Å². The molecule has 0 bridgehead atoms. The summed E-state index contributed by atoms with van der Waals surface area (Å²) in [6, 6.07) is 0. The van der Waals surface area contributed by atoms with Gasteiger partial charge in [0.2, 0.25) is 0 Å². The number of rotatable bonds is 0. The van der Waals surface area contributed by atoms with Gasteiger partial charge in [0.25, 0.3) is 0 Å². The van der Waals surface area contributed by atoms with Crippen molar-refractivity contribution in [3.8, 4) is 0 Å². The van der Waals surface area contributed by atoms with Crippen molar-refractivity contribution >= 4 is 0 Å². The lowest BCUT2D eigenvalue weighted by molar-refractivity contribution is 0.545. The minimum absolute atomic E-state index is 0.275. The van der Waals surface area contributed by atoms with Crippen molar-refractivity contribution in [2.75, 3.05) is 0 Å². The molecule has 0 fully saturated rings. The van der Waals surface area contributed by atoms with E-state index >= 15 is 0 Å². The third-order valence-corrected chi connectivity index (χ3v) is 0.794. The highest BCUT2D eigenvalue weighted by Gasteiger charge is 2.01. The fourth-order valence-corrected chi connectivity index (χ4v) is 0.361. The zero-order valence-corrected chi connectivity index (χ0v) is 7.08. The van der Waals surface area contributed by atoms with Crippen LogP contribution < -0.4 is 0 Å². The quantitative estimate of drug-likeness (QED) is 0.435. The average molecular weight is 124 g/mol. The van der Waals surface area contributed by atoms with Crippen LogP contribution in [0.25, 0.3) is 0 Å². The van der Waals surface area contributed by atoms with E-state index in [0.29, 0.717) is 0 Å². The zero-order chi connectivity index (χ0) is 7.49. The van der Waals surface area contributed by atoms with Gasteiger partial charge in [0.1, 0.15) is 0 Å². The van der Waals surface area contributed by atoms with Gasteiger partial charge >= 0.3 is 0 Å². The summed E-state index contributed by atoms with van der Waals surface area (Å²) in [4.78, 5) is 0. The van der Waals surface area contributed by atoms with Crippen LogP contribution in [0.4, 0.5) is 0 Å². The Labute approximate surface area is 58.3 Å². The lowest BCUT2D eigenvalue weighted by atomic mass is 9.97. The van der Waals surface area contributed by atoms with E-state index < -0.39 is 0 Å². The van der Waals surface area contributed by atoms with E-state index in [1.54, 1.807) is 0 Å². The van der Waals surface area contributed by atoms with Gasteiger partial charge in [-0.15, -0.1) is 5.73 Å². The van der Waals surface area contributed by atoms with Crippen LogP contribution in [0.2, 0.25) is 0 Å². The van der Waals surface area contributed by atoms with Crippen LogP contribution in [0, 0.1) is 5.41 Å². The molecule has 0 aromatic carbocycles. The summed E-state index contributed by atoms with van der Waals surface area (Å²) in [5.41, 5.74) is 4.69. The Balaban J connectivity index is 4.17. The second-order valence-electron chi connectivity index (χ2n) is 3.65. The van der Waals surface area contributed by atoms with E-state index in [-0.39, 0.29) is 5.41 Å². The van der Waals surface area contributed by atoms with Gasteiger partial charge in [-0.3, -0.25) is 0 Å². The topological polar surface area (TPSA) is 0 Å². The highest BCUT2D eigenvalue weighted by molar-refractivity contribution is 4.98. The number of hydrogen-bond acceptors (Lipinski definition) is 0. The van der Waals surface area contributed by atoms with Gasteiger partial charge in [-0.05, 0) is 30.9 Å². The predicted molar refractivity (Wildman–Crippen MR) is 42.4 cm³/mol. The normalized spacial score (nSPS) is 10.3. The van der Waals surface area contributed by atoms with Crippen molar-refractivity contribution in [3.63, 3.8) is 0 Å². The summed E-state index contributed by atoms with van der Waals surface area (Å²) < 4.78 is 0. The van der Waals surface area contributed by atoms with Crippen LogP contribution in [0.15, 0.2) is 17.4 Å². The van der Waals surface area contributed by atoms with Crippen molar-refractivity contribution in [2.45, 2.75) is 34.6 Å². The van der Waals surface area contributed by atoms with E-state index in [1.807, 2.05) is 0 Å². The molecule has 52 valence electrons. The van der Waals surface area contributed by atoms with Gasteiger partial charge in [-0.1, -0.05) is 20.8 Å². The van der Waals surface area contributed by atoms with E-state index in [0.717, 1.165) is 0 Å². The van der Waals surface area contributed by atoms with Gasteiger partial charge in [0.15, 0.2) is 0 Å². The zero-order valence-electron chi connectivity index (χ0n) is 7.08. The largest absolute Gasteiger partial charge is 0.126 e. The highest BCUT2D eigenvalue weighted by Crippen LogP contribution is 2.13. The highest BCUT2D eigenvalue weighted by atomic mass is 14.1. The monoisotopic (exact) mass is 124 g/mol. The molecule has 0 heteroatoms. The van der Waals surface area contributed by atoms with Crippen molar-refractivity contribution in [2.24, 2.45) is 5.41 Å². The first-order valence-electron chi connectivity index (χ1n) is 3.33. The van der Waals surface area contributed by atoms with Gasteiger partial charge < -0.3 is 0 Å². The van der Waals surface area contributed by atoms with Crippen molar-refractivity contribution < 1.29 is 0 Å². The van der Waals surface area contributed by atoms with Crippen LogP contribution in [-0.4, -0.2) is 0 Å². The Kier molecular flexibility index (Phi) is 2.73. The van der Waals surface area contributed by atoms with Crippen LogP contribution >= 0.6 is 0 Å². The summed E-state index contributed by atoms with van der Waals surface area (Å²) in [6.07, 6.45) is 2.10. The molecule has 0 atom stereocenters. The summed E-state index contributed by atoms with van der Waals surface area (Å²) in [5, 5.41) is 0. The first kappa shape index (κ1) is 8.52. The molecule has 0 unspecified atom stereocenters. The van der Waals surface area contributed by atoms with Gasteiger partial charge in [-0.2, -0.15) is 0 Å². The molecular formula is C9H16. The molecule has 0 aliphatic rings. The third-order valence-electron chi connectivity index (χ3n) is 0.794.